The fourth-order valence-corrected chi connectivity index (χ4v) is 4.91. The number of quaternary nitrogens is 1. The van der Waals surface area contributed by atoms with Gasteiger partial charge in [0.05, 0.1) is 40.3 Å². The molecule has 0 spiro atoms. The van der Waals surface area contributed by atoms with Crippen molar-refractivity contribution in [2.24, 2.45) is 0 Å². The standard InChI is InChI=1S/C35H65NO7/c1-6-8-10-12-14-15-16-17-18-20-21-23-25-33(37)42-30-31(29-41-28-27-32(35(39)40)36(3,4)5)43-34(38)26-24-22-19-13-11-9-7-2/h19,22,31-32H,6-18,20-21,23-30H2,1-5H3/b22-19+. The summed E-state index contributed by atoms with van der Waals surface area (Å²) in [6.45, 7) is 4.53. The zero-order chi connectivity index (χ0) is 32.2. The first-order valence-electron chi connectivity index (χ1n) is 17.2. The lowest BCUT2D eigenvalue weighted by Gasteiger charge is -2.34. The lowest BCUT2D eigenvalue weighted by atomic mass is 10.0. The molecule has 0 aliphatic heterocycles. The molecule has 0 amide bonds. The van der Waals surface area contributed by atoms with Crippen molar-refractivity contribution in [3.8, 4) is 0 Å². The second kappa shape index (κ2) is 27.6. The number of carboxylic acids is 1. The van der Waals surface area contributed by atoms with Crippen LogP contribution in [0.4, 0.5) is 0 Å². The van der Waals surface area contributed by atoms with Gasteiger partial charge in [-0.15, -0.1) is 0 Å². The first-order chi connectivity index (χ1) is 20.6. The molecule has 0 aliphatic rings. The average molecular weight is 612 g/mol. The number of likely N-dealkylation sites (N-methyl/N-ethyl adjacent to an activating group) is 1. The molecular formula is C35H65NO7. The molecule has 43 heavy (non-hydrogen) atoms. The summed E-state index contributed by atoms with van der Waals surface area (Å²) in [5, 5.41) is 11.5. The summed E-state index contributed by atoms with van der Waals surface area (Å²) < 4.78 is 16.9. The smallest absolute Gasteiger partial charge is 0.306 e. The topological polar surface area (TPSA) is 102 Å². The molecular weight excluding hydrogens is 546 g/mol. The molecule has 8 heteroatoms. The highest BCUT2D eigenvalue weighted by Crippen LogP contribution is 2.13. The third-order valence-corrected chi connectivity index (χ3v) is 7.67. The Balaban J connectivity index is 4.44. The van der Waals surface area contributed by atoms with Crippen molar-refractivity contribution in [2.45, 2.75) is 154 Å². The zero-order valence-electron chi connectivity index (χ0n) is 28.4. The Bertz CT molecular complexity index is 732. The molecule has 0 aromatic carbocycles. The number of carboxylic acid groups (broad SMARTS) is 1. The highest BCUT2D eigenvalue weighted by Gasteiger charge is 2.25. The number of unbranched alkanes of at least 4 members (excludes halogenated alkanes) is 14. The number of hydrogen-bond acceptors (Lipinski definition) is 7. The Morgan fingerprint density at radius 3 is 1.77 bits per heavy atom. The number of carbonyl (C=O) groups excluding carboxylic acids is 3. The first-order valence-corrected chi connectivity index (χ1v) is 17.2. The Morgan fingerprint density at radius 1 is 0.674 bits per heavy atom. The van der Waals surface area contributed by atoms with E-state index in [4.69, 9.17) is 14.2 Å². The van der Waals surface area contributed by atoms with Crippen LogP contribution < -0.4 is 5.11 Å². The van der Waals surface area contributed by atoms with Gasteiger partial charge in [0.15, 0.2) is 6.10 Å². The van der Waals surface area contributed by atoms with Gasteiger partial charge >= 0.3 is 11.9 Å². The van der Waals surface area contributed by atoms with Gasteiger partial charge in [0.1, 0.15) is 12.6 Å². The molecule has 0 fully saturated rings. The van der Waals surface area contributed by atoms with Gasteiger partial charge in [0.25, 0.3) is 0 Å². The Labute approximate surface area is 263 Å². The van der Waals surface area contributed by atoms with Crippen molar-refractivity contribution in [3.63, 3.8) is 0 Å². The molecule has 252 valence electrons. The Kier molecular flexibility index (Phi) is 26.4. The maximum Gasteiger partial charge on any atom is 0.306 e. The minimum atomic E-state index is -1.13. The summed E-state index contributed by atoms with van der Waals surface area (Å²) in [5.41, 5.74) is 0. The van der Waals surface area contributed by atoms with Gasteiger partial charge in [-0.1, -0.05) is 109 Å². The quantitative estimate of drug-likeness (QED) is 0.0386. The molecule has 0 aromatic rings. The fourth-order valence-electron chi connectivity index (χ4n) is 4.91. The van der Waals surface area contributed by atoms with Crippen LogP contribution >= 0.6 is 0 Å². The van der Waals surface area contributed by atoms with E-state index in [1.165, 1.54) is 70.6 Å². The van der Waals surface area contributed by atoms with Crippen LogP contribution in [0, 0.1) is 0 Å². The molecule has 0 rings (SSSR count). The molecule has 0 N–H and O–H groups in total. The summed E-state index contributed by atoms with van der Waals surface area (Å²) in [6.07, 6.45) is 24.1. The fraction of sp³-hybridized carbons (Fsp3) is 0.857. The number of carbonyl (C=O) groups is 3. The molecule has 0 saturated heterocycles. The monoisotopic (exact) mass is 611 g/mol. The summed E-state index contributed by atoms with van der Waals surface area (Å²) in [5.74, 6) is -1.80. The Hall–Kier alpha value is -1.93. The molecule has 2 atom stereocenters. The molecule has 2 unspecified atom stereocenters. The van der Waals surface area contributed by atoms with Gasteiger partial charge in [0.2, 0.25) is 0 Å². The Morgan fingerprint density at radius 2 is 1.21 bits per heavy atom. The van der Waals surface area contributed by atoms with Crippen LogP contribution in [0.25, 0.3) is 0 Å². The first kappa shape index (κ1) is 41.1. The third kappa shape index (κ3) is 26.2. The van der Waals surface area contributed by atoms with E-state index in [-0.39, 0.29) is 49.1 Å². The van der Waals surface area contributed by atoms with Crippen LogP contribution in [-0.4, -0.2) is 75.5 Å². The average Bonchev–Trinajstić information content (AvgIpc) is 2.94. The van der Waals surface area contributed by atoms with Crippen LogP contribution in [0.1, 0.15) is 142 Å². The van der Waals surface area contributed by atoms with Crippen molar-refractivity contribution in [2.75, 3.05) is 41.0 Å². The van der Waals surface area contributed by atoms with Gasteiger partial charge in [0, 0.05) is 19.3 Å². The molecule has 0 saturated carbocycles. The van der Waals surface area contributed by atoms with Gasteiger partial charge in [-0.05, 0) is 25.7 Å². The van der Waals surface area contributed by atoms with Crippen LogP contribution in [0.3, 0.4) is 0 Å². The van der Waals surface area contributed by atoms with Crippen molar-refractivity contribution in [1.82, 2.24) is 0 Å². The van der Waals surface area contributed by atoms with E-state index < -0.39 is 18.1 Å². The summed E-state index contributed by atoms with van der Waals surface area (Å²) in [4.78, 5) is 36.3. The lowest BCUT2D eigenvalue weighted by molar-refractivity contribution is -0.889. The minimum Gasteiger partial charge on any atom is -0.544 e. The van der Waals surface area contributed by atoms with Crippen LogP contribution in [0.15, 0.2) is 12.2 Å². The minimum absolute atomic E-state index is 0.0292. The number of allylic oxidation sites excluding steroid dienone is 2. The number of esters is 2. The lowest BCUT2D eigenvalue weighted by Crippen LogP contribution is -2.55. The van der Waals surface area contributed by atoms with E-state index in [9.17, 15) is 19.5 Å². The van der Waals surface area contributed by atoms with Gasteiger partial charge in [-0.2, -0.15) is 0 Å². The van der Waals surface area contributed by atoms with Crippen LogP contribution in [0.2, 0.25) is 0 Å². The third-order valence-electron chi connectivity index (χ3n) is 7.67. The number of ether oxygens (including phenoxy) is 3. The van der Waals surface area contributed by atoms with Crippen molar-refractivity contribution in [3.05, 3.63) is 12.2 Å². The maximum atomic E-state index is 12.5. The van der Waals surface area contributed by atoms with E-state index in [0.29, 0.717) is 12.8 Å². The molecule has 0 heterocycles. The largest absolute Gasteiger partial charge is 0.544 e. The highest BCUT2D eigenvalue weighted by atomic mass is 16.6. The van der Waals surface area contributed by atoms with Crippen LogP contribution in [0.5, 0.6) is 0 Å². The number of aliphatic carboxylic acids is 1. The number of hydrogen-bond donors (Lipinski definition) is 0. The van der Waals surface area contributed by atoms with Gasteiger partial charge < -0.3 is 28.6 Å². The molecule has 0 aromatic heterocycles. The zero-order valence-corrected chi connectivity index (χ0v) is 28.4. The van der Waals surface area contributed by atoms with Gasteiger partial charge in [-0.3, -0.25) is 9.59 Å². The predicted octanol–water partition coefficient (Wildman–Crippen LogP) is 6.68. The normalized spacial score (nSPS) is 13.2. The maximum absolute atomic E-state index is 12.5. The molecule has 0 aliphatic carbocycles. The van der Waals surface area contributed by atoms with E-state index in [2.05, 4.69) is 19.9 Å². The molecule has 0 bridgehead atoms. The van der Waals surface area contributed by atoms with E-state index in [1.54, 1.807) is 21.1 Å². The van der Waals surface area contributed by atoms with E-state index in [0.717, 1.165) is 32.1 Å². The summed E-state index contributed by atoms with van der Waals surface area (Å²) in [7, 11) is 5.37. The predicted molar refractivity (Wildman–Crippen MR) is 171 cm³/mol. The van der Waals surface area contributed by atoms with Crippen molar-refractivity contribution < 1.29 is 38.2 Å². The van der Waals surface area contributed by atoms with Gasteiger partial charge in [-0.25, -0.2) is 0 Å². The van der Waals surface area contributed by atoms with Crippen molar-refractivity contribution in [1.29, 1.82) is 0 Å². The summed E-state index contributed by atoms with van der Waals surface area (Å²) >= 11 is 0. The second-order valence-corrected chi connectivity index (χ2v) is 12.8. The van der Waals surface area contributed by atoms with Crippen LogP contribution in [-0.2, 0) is 28.6 Å². The molecule has 8 nitrogen and oxygen atoms in total. The highest BCUT2D eigenvalue weighted by molar-refractivity contribution is 5.70. The number of rotatable bonds is 30. The molecule has 0 radical (unpaired) electrons. The number of nitrogens with zero attached hydrogens (tertiary/aromatic N) is 1. The van der Waals surface area contributed by atoms with Crippen molar-refractivity contribution >= 4 is 17.9 Å². The SMILES string of the molecule is CCCCC/C=C/CCC(=O)OC(COCCC(C(=O)[O-])[N+](C)(C)C)COC(=O)CCCCCCCCCCCCCC. The van der Waals surface area contributed by atoms with E-state index >= 15 is 0 Å². The van der Waals surface area contributed by atoms with E-state index in [1.807, 2.05) is 6.08 Å². The summed E-state index contributed by atoms with van der Waals surface area (Å²) in [6, 6.07) is -0.724. The second-order valence-electron chi connectivity index (χ2n) is 12.8.